The number of imide groups is 1. The van der Waals surface area contributed by atoms with Gasteiger partial charge in [-0.2, -0.15) is 0 Å². The number of benzene rings is 3. The van der Waals surface area contributed by atoms with E-state index in [1.165, 1.54) is 22.8 Å². The Kier molecular flexibility index (Phi) is 9.79. The Morgan fingerprint density at radius 3 is 2.51 bits per heavy atom. The van der Waals surface area contributed by atoms with Gasteiger partial charge in [-0.05, 0) is 90.5 Å². The van der Waals surface area contributed by atoms with Crippen molar-refractivity contribution in [2.45, 2.75) is 44.1 Å². The number of hydrogen-bond acceptors (Lipinski definition) is 11. The van der Waals surface area contributed by atoms with Gasteiger partial charge in [0.2, 0.25) is 17.7 Å². The predicted molar refractivity (Wildman–Crippen MR) is 194 cm³/mol. The fourth-order valence-electron chi connectivity index (χ4n) is 7.36. The number of likely N-dealkylation sites (tertiary alicyclic amines) is 1. The summed E-state index contributed by atoms with van der Waals surface area (Å²) in [6, 6.07) is 10.9. The Morgan fingerprint density at radius 1 is 1.02 bits per heavy atom. The van der Waals surface area contributed by atoms with Crippen LogP contribution in [0.15, 0.2) is 47.3 Å². The molecule has 6 N–H and O–H groups in total. The second-order valence-corrected chi connectivity index (χ2v) is 15.2. The third kappa shape index (κ3) is 7.14. The minimum Gasteiger partial charge on any atom is -0.506 e. The lowest BCUT2D eigenvalue weighted by atomic mass is 9.89. The van der Waals surface area contributed by atoms with E-state index in [0.29, 0.717) is 33.9 Å². The quantitative estimate of drug-likeness (QED) is 0.103. The Hall–Kier alpha value is -5.17. The first-order valence-corrected chi connectivity index (χ1v) is 18.8. The van der Waals surface area contributed by atoms with Crippen LogP contribution < -0.4 is 30.1 Å². The van der Waals surface area contributed by atoms with E-state index in [2.05, 4.69) is 15.5 Å². The topological polar surface area (TPSA) is 208 Å². The number of anilines is 1. The first-order chi connectivity index (χ1) is 25.3. The van der Waals surface area contributed by atoms with Crippen molar-refractivity contribution in [3.05, 3.63) is 64.3 Å². The van der Waals surface area contributed by atoms with Crippen molar-refractivity contribution in [3.63, 3.8) is 0 Å². The van der Waals surface area contributed by atoms with Crippen molar-refractivity contribution in [1.29, 1.82) is 0 Å². The number of carbonyl (C=O) groups is 4. The first-order valence-electron chi connectivity index (χ1n) is 17.3. The first kappa shape index (κ1) is 36.2. The molecule has 4 heterocycles. The van der Waals surface area contributed by atoms with Gasteiger partial charge in [-0.3, -0.25) is 42.7 Å². The molecule has 53 heavy (non-hydrogen) atoms. The number of rotatable bonds is 10. The molecule has 1 unspecified atom stereocenters. The molecule has 1 atom stereocenters. The number of phenolic OH excluding ortho intramolecular Hbond substituents is 1. The molecule has 0 spiro atoms. The number of aryl methyl sites for hydroxylation is 1. The van der Waals surface area contributed by atoms with Crippen LogP contribution >= 0.6 is 11.0 Å². The van der Waals surface area contributed by atoms with Gasteiger partial charge in [0.1, 0.15) is 36.4 Å². The number of phenols is 1. The lowest BCUT2D eigenvalue weighted by Gasteiger charge is -2.36. The van der Waals surface area contributed by atoms with Crippen molar-refractivity contribution in [3.8, 4) is 11.5 Å². The zero-order valence-electron chi connectivity index (χ0n) is 28.8. The van der Waals surface area contributed by atoms with E-state index >= 15 is 4.39 Å². The number of carbonyl (C=O) groups excluding carboxylic acids is 4. The molecule has 0 saturated carbocycles. The van der Waals surface area contributed by atoms with E-state index in [1.54, 1.807) is 17.7 Å². The Bertz CT molecular complexity index is 2200. The number of aromatic hydroxyl groups is 1. The fourth-order valence-corrected chi connectivity index (χ4v) is 8.57. The maximum absolute atomic E-state index is 15.5. The highest BCUT2D eigenvalue weighted by atomic mass is 32.3. The van der Waals surface area contributed by atoms with Crippen LogP contribution in [0.2, 0.25) is 0 Å². The van der Waals surface area contributed by atoms with Gasteiger partial charge in [0.25, 0.3) is 5.91 Å². The monoisotopic (exact) mass is 753 g/mol. The molecular formula is C35H40FN7O9S. The molecule has 1 aromatic heterocycles. The number of aromatic nitrogens is 2. The summed E-state index contributed by atoms with van der Waals surface area (Å²) in [5.41, 5.74) is 1.69. The zero-order valence-corrected chi connectivity index (χ0v) is 29.7. The zero-order chi connectivity index (χ0) is 37.6. The van der Waals surface area contributed by atoms with Crippen molar-refractivity contribution in [1.82, 2.24) is 29.4 Å². The van der Waals surface area contributed by atoms with E-state index in [0.717, 1.165) is 37.0 Å². The number of piperidine rings is 2. The van der Waals surface area contributed by atoms with E-state index in [1.807, 2.05) is 22.9 Å². The lowest BCUT2D eigenvalue weighted by molar-refractivity contribution is -0.135. The Labute approximate surface area is 304 Å². The lowest BCUT2D eigenvalue weighted by Crippen LogP contribution is -2.44. The molecule has 3 saturated heterocycles. The maximum Gasteiger partial charge on any atom is 0.329 e. The summed E-state index contributed by atoms with van der Waals surface area (Å²) in [6.07, 6.45) is 2.52. The summed E-state index contributed by atoms with van der Waals surface area (Å²) in [6.45, 7) is 1.96. The van der Waals surface area contributed by atoms with Gasteiger partial charge in [-0.25, -0.2) is 18.2 Å². The molecule has 4 aromatic rings. The van der Waals surface area contributed by atoms with Gasteiger partial charge in [0, 0.05) is 31.8 Å². The number of hydrogen-bond donors (Lipinski definition) is 6. The average molecular weight is 754 g/mol. The Balaban J connectivity index is 0.877. The van der Waals surface area contributed by atoms with Gasteiger partial charge in [0.15, 0.2) is 5.82 Å². The summed E-state index contributed by atoms with van der Waals surface area (Å²) < 4.78 is 47.3. The molecule has 16 nitrogen and oxygen atoms in total. The molecule has 3 fully saturated rings. The SMILES string of the molecule is Cn1c(=O)n(C2CCC(=O)NC2=O)c2ccc(C3CCN(CCC(=O)NCCOc4ccc5cc(O)c(N6CC(=O)NS6(O)O)c(F)c5c4)CC3)cc21. The van der Waals surface area contributed by atoms with Crippen LogP contribution in [0.4, 0.5) is 10.1 Å². The molecule has 3 aliphatic heterocycles. The molecule has 3 aromatic carbocycles. The highest BCUT2D eigenvalue weighted by Crippen LogP contribution is 2.51. The number of fused-ring (bicyclic) bond motifs is 2. The van der Waals surface area contributed by atoms with Crippen LogP contribution in [-0.4, -0.2) is 91.2 Å². The highest BCUT2D eigenvalue weighted by Gasteiger charge is 2.38. The van der Waals surface area contributed by atoms with E-state index < -0.39 is 52.6 Å². The molecule has 0 bridgehead atoms. The minimum absolute atomic E-state index is 0.0349. The number of nitrogens with one attached hydrogen (secondary N) is 3. The molecule has 282 valence electrons. The van der Waals surface area contributed by atoms with Gasteiger partial charge in [-0.15, -0.1) is 0 Å². The highest BCUT2D eigenvalue weighted by molar-refractivity contribution is 8.24. The number of ether oxygens (including phenoxy) is 1. The summed E-state index contributed by atoms with van der Waals surface area (Å²) in [4.78, 5) is 63.8. The fraction of sp³-hybridized carbons (Fsp3) is 0.400. The molecule has 0 radical (unpaired) electrons. The number of halogens is 1. The maximum atomic E-state index is 15.5. The number of imidazole rings is 1. The largest absolute Gasteiger partial charge is 0.506 e. The molecule has 0 aliphatic carbocycles. The summed E-state index contributed by atoms with van der Waals surface area (Å²) in [7, 11) is -2.16. The van der Waals surface area contributed by atoms with E-state index in [4.69, 9.17) is 4.74 Å². The van der Waals surface area contributed by atoms with Crippen molar-refractivity contribution in [2.75, 3.05) is 43.6 Å². The second-order valence-electron chi connectivity index (χ2n) is 13.5. The van der Waals surface area contributed by atoms with Gasteiger partial charge in [-0.1, -0.05) is 12.1 Å². The Morgan fingerprint density at radius 2 is 1.79 bits per heavy atom. The molecular weight excluding hydrogens is 713 g/mol. The van der Waals surface area contributed by atoms with Gasteiger partial charge < -0.3 is 20.1 Å². The van der Waals surface area contributed by atoms with Crippen molar-refractivity contribution >= 4 is 62.1 Å². The molecule has 3 aliphatic rings. The summed E-state index contributed by atoms with van der Waals surface area (Å²) >= 11 is 0. The molecule has 7 rings (SSSR count). The second kappa shape index (κ2) is 14.3. The van der Waals surface area contributed by atoms with E-state index in [9.17, 15) is 38.2 Å². The van der Waals surface area contributed by atoms with Crippen LogP contribution in [0.25, 0.3) is 21.8 Å². The smallest absolute Gasteiger partial charge is 0.329 e. The van der Waals surface area contributed by atoms with Crippen LogP contribution in [0.5, 0.6) is 11.5 Å². The minimum atomic E-state index is -3.85. The number of nitrogens with zero attached hydrogens (tertiary/aromatic N) is 4. The van der Waals surface area contributed by atoms with E-state index in [-0.39, 0.29) is 54.8 Å². The van der Waals surface area contributed by atoms with Crippen LogP contribution in [-0.2, 0) is 26.2 Å². The molecule has 18 heteroatoms. The van der Waals surface area contributed by atoms with Crippen molar-refractivity contribution in [2.24, 2.45) is 7.05 Å². The average Bonchev–Trinajstić information content (AvgIpc) is 3.54. The normalized spacial score (nSPS) is 20.1. The van der Waals surface area contributed by atoms with Gasteiger partial charge in [0.05, 0.1) is 17.6 Å². The van der Waals surface area contributed by atoms with Crippen LogP contribution in [0.1, 0.15) is 49.6 Å². The third-order valence-electron chi connectivity index (χ3n) is 10.1. The molecule has 4 amide bonds. The van der Waals surface area contributed by atoms with Crippen LogP contribution in [0, 0.1) is 5.82 Å². The van der Waals surface area contributed by atoms with Gasteiger partial charge >= 0.3 is 5.69 Å². The third-order valence-corrected chi connectivity index (χ3v) is 11.6. The standard InChI is InChI=1S/C35H40FN7O9S/c1-40-27-16-21(3-5-25(27)43(35(40)49)26-6-7-30(46)38-34(26)48)20-8-12-41(13-9-20)14-10-29(45)37-11-15-52-23-4-2-22-17-28(44)33(32(36)24(22)18-23)42-19-31(47)39-53(42,50)51/h2-5,16-18,20,26,44,50-51H,6-15,19H2,1H3,(H,37,45)(H,39,47)(H,38,46,48). The summed E-state index contributed by atoms with van der Waals surface area (Å²) in [5.74, 6) is -2.60. The van der Waals surface area contributed by atoms with Crippen molar-refractivity contribution < 1.29 is 42.5 Å². The number of amides is 4. The summed E-state index contributed by atoms with van der Waals surface area (Å²) in [5, 5.41) is 15.9. The predicted octanol–water partition coefficient (Wildman–Crippen LogP) is 2.60. The van der Waals surface area contributed by atoms with Crippen LogP contribution in [0.3, 0.4) is 0 Å².